The van der Waals surface area contributed by atoms with E-state index in [9.17, 15) is 34.0 Å². The molecule has 1 N–H and O–H groups in total. The lowest BCUT2D eigenvalue weighted by molar-refractivity contribution is -0.136. The Morgan fingerprint density at radius 1 is 0.864 bits per heavy atom. The van der Waals surface area contributed by atoms with Crippen LogP contribution in [0, 0.1) is 22.7 Å². The number of hydrogen-bond acceptors (Lipinski definition) is 10. The molecule has 5 amide bonds. The average molecular weight is 816 g/mol. The molecule has 304 valence electrons. The van der Waals surface area contributed by atoms with Gasteiger partial charge in [0, 0.05) is 68.0 Å². The third kappa shape index (κ3) is 7.16. The highest BCUT2D eigenvalue weighted by Crippen LogP contribution is 2.46. The van der Waals surface area contributed by atoms with Gasteiger partial charge in [-0.15, -0.1) is 0 Å². The highest BCUT2D eigenvalue weighted by Gasteiger charge is 2.46. The van der Waals surface area contributed by atoms with Crippen LogP contribution in [0.2, 0.25) is 5.02 Å². The van der Waals surface area contributed by atoms with Crippen molar-refractivity contribution < 1.29 is 28.8 Å². The number of ketones is 1. The lowest BCUT2D eigenvalue weighted by atomic mass is 9.76. The van der Waals surface area contributed by atoms with Crippen LogP contribution in [0.1, 0.15) is 99.6 Å². The number of piperidine rings is 3. The first-order valence-electron chi connectivity index (χ1n) is 20.6. The van der Waals surface area contributed by atoms with Crippen molar-refractivity contribution in [3.05, 3.63) is 93.0 Å². The van der Waals surface area contributed by atoms with Crippen LogP contribution in [0.3, 0.4) is 0 Å². The molecule has 4 saturated heterocycles. The van der Waals surface area contributed by atoms with E-state index in [1.54, 1.807) is 23.1 Å². The molecule has 4 fully saturated rings. The number of likely N-dealkylation sites (tertiary alicyclic amines) is 1. The number of anilines is 2. The summed E-state index contributed by atoms with van der Waals surface area (Å²) in [6.07, 6.45) is 4.79. The number of nitriles is 1. The quantitative estimate of drug-likeness (QED) is 0.257. The summed E-state index contributed by atoms with van der Waals surface area (Å²) in [5, 5.41) is 12.0. The van der Waals surface area contributed by atoms with Crippen LogP contribution in [-0.4, -0.2) is 101 Å². The number of nitrogens with one attached hydrogen (secondary N) is 1. The van der Waals surface area contributed by atoms with Crippen molar-refractivity contribution in [1.82, 2.24) is 20.0 Å². The molecule has 2 atom stereocenters. The molecule has 13 nitrogen and oxygen atoms in total. The fraction of sp³-hybridized carbons (Fsp3) is 0.444. The third-order valence-electron chi connectivity index (χ3n) is 13.7. The van der Waals surface area contributed by atoms with Gasteiger partial charge in [-0.05, 0) is 130 Å². The molecule has 0 aliphatic carbocycles. The van der Waals surface area contributed by atoms with Gasteiger partial charge in [0.25, 0.3) is 11.8 Å². The third-order valence-corrected chi connectivity index (χ3v) is 14.0. The SMILES string of the molecule is C[C@H]1CC2(CCN(c3ccc(C(=O)C4CCN(CC(=O)N5Cc6cc7c(cc6C5)C(=O)N(C5CCC(=O)NC5=O)C7=O)CC4)cc3)CC2)CN1c1ccc(C#N)c(Cl)c1. The number of fused-ring (bicyclic) bond motifs is 2. The number of benzene rings is 3. The molecule has 9 rings (SSSR count). The van der Waals surface area contributed by atoms with Crippen LogP contribution in [0.4, 0.5) is 11.4 Å². The summed E-state index contributed by atoms with van der Waals surface area (Å²) < 4.78 is 0. The van der Waals surface area contributed by atoms with E-state index in [2.05, 4.69) is 45.1 Å². The molecule has 0 radical (unpaired) electrons. The van der Waals surface area contributed by atoms with Crippen molar-refractivity contribution in [2.24, 2.45) is 11.3 Å². The van der Waals surface area contributed by atoms with Gasteiger partial charge in [0.05, 0.1) is 28.3 Å². The van der Waals surface area contributed by atoms with Gasteiger partial charge in [0.15, 0.2) is 5.78 Å². The number of carbonyl (C=O) groups excluding carboxylic acids is 6. The minimum atomic E-state index is -1.02. The molecule has 0 bridgehead atoms. The maximum Gasteiger partial charge on any atom is 0.262 e. The van der Waals surface area contributed by atoms with Crippen LogP contribution in [-0.2, 0) is 27.5 Å². The Bertz CT molecular complexity index is 2280. The highest BCUT2D eigenvalue weighted by molar-refractivity contribution is 6.32. The largest absolute Gasteiger partial charge is 0.371 e. The van der Waals surface area contributed by atoms with Gasteiger partial charge >= 0.3 is 0 Å². The number of imide groups is 2. The van der Waals surface area contributed by atoms with Gasteiger partial charge in [0.2, 0.25) is 17.7 Å². The molecule has 6 aliphatic heterocycles. The minimum absolute atomic E-state index is 0.0517. The molecule has 3 aromatic rings. The van der Waals surface area contributed by atoms with E-state index in [1.807, 2.05) is 24.3 Å². The van der Waals surface area contributed by atoms with E-state index >= 15 is 0 Å². The van der Waals surface area contributed by atoms with Gasteiger partial charge in [-0.2, -0.15) is 5.26 Å². The Morgan fingerprint density at radius 2 is 1.51 bits per heavy atom. The number of Topliss-reactive ketones (excluding diaryl/α,β-unsaturated/α-hetero) is 1. The maximum absolute atomic E-state index is 13.6. The first kappa shape index (κ1) is 38.9. The van der Waals surface area contributed by atoms with E-state index in [0.717, 1.165) is 71.9 Å². The summed E-state index contributed by atoms with van der Waals surface area (Å²) in [5.41, 5.74) is 5.68. The topological polar surface area (TPSA) is 154 Å². The standard InChI is InChI=1S/C45H46ClN7O6/c1-27-21-45(26-52(27)34-7-4-30(22-47)37(46)20-34)12-16-50(17-13-45)33-5-2-28(3-6-33)41(56)29-10-14-49(15-11-29)25-40(55)51-23-31-18-35-36(19-32(31)24-51)44(59)53(43(35)58)38-8-9-39(54)48-42(38)57/h2-7,18-20,27,29,38H,8-17,21,23-26H2,1H3,(H,48,54,57)/t27-,38?/m0/s1. The van der Waals surface area contributed by atoms with E-state index in [-0.39, 0.29) is 53.5 Å². The number of hydrogen-bond donors (Lipinski definition) is 1. The number of carbonyl (C=O) groups is 6. The molecule has 1 unspecified atom stereocenters. The maximum atomic E-state index is 13.6. The first-order chi connectivity index (χ1) is 28.4. The predicted molar refractivity (Wildman–Crippen MR) is 219 cm³/mol. The van der Waals surface area contributed by atoms with Crippen LogP contribution < -0.4 is 15.1 Å². The predicted octanol–water partition coefficient (Wildman–Crippen LogP) is 4.94. The van der Waals surface area contributed by atoms with Gasteiger partial charge in [-0.1, -0.05) is 11.6 Å². The number of amides is 5. The van der Waals surface area contributed by atoms with E-state index in [1.165, 1.54) is 0 Å². The number of nitrogens with zero attached hydrogens (tertiary/aromatic N) is 6. The summed E-state index contributed by atoms with van der Waals surface area (Å²) in [6, 6.07) is 18.6. The zero-order valence-corrected chi connectivity index (χ0v) is 33.8. The van der Waals surface area contributed by atoms with Crippen molar-refractivity contribution in [3.8, 4) is 6.07 Å². The van der Waals surface area contributed by atoms with E-state index < -0.39 is 29.7 Å². The van der Waals surface area contributed by atoms with Gasteiger partial charge in [-0.3, -0.25) is 43.9 Å². The molecular weight excluding hydrogens is 770 g/mol. The van der Waals surface area contributed by atoms with Crippen molar-refractivity contribution in [1.29, 1.82) is 5.26 Å². The second kappa shape index (κ2) is 15.2. The van der Waals surface area contributed by atoms with Crippen LogP contribution in [0.15, 0.2) is 54.6 Å². The zero-order valence-electron chi connectivity index (χ0n) is 33.0. The zero-order chi connectivity index (χ0) is 41.2. The van der Waals surface area contributed by atoms with E-state index in [0.29, 0.717) is 55.6 Å². The smallest absolute Gasteiger partial charge is 0.262 e. The number of rotatable bonds is 7. The molecular formula is C45H46ClN7O6. The molecule has 3 aromatic carbocycles. The summed E-state index contributed by atoms with van der Waals surface area (Å²) in [6.45, 7) is 7.28. The van der Waals surface area contributed by atoms with Crippen molar-refractivity contribution >= 4 is 58.3 Å². The Kier molecular flexibility index (Phi) is 10.0. The molecule has 0 saturated carbocycles. The van der Waals surface area contributed by atoms with Crippen LogP contribution >= 0.6 is 11.6 Å². The summed E-state index contributed by atoms with van der Waals surface area (Å²) >= 11 is 6.37. The van der Waals surface area contributed by atoms with Crippen molar-refractivity contribution in [2.75, 3.05) is 49.1 Å². The molecule has 1 spiro atoms. The Hall–Kier alpha value is -5.58. The fourth-order valence-electron chi connectivity index (χ4n) is 10.3. The monoisotopic (exact) mass is 815 g/mol. The normalized spacial score (nSPS) is 23.1. The van der Waals surface area contributed by atoms with Crippen LogP contribution in [0.5, 0.6) is 0 Å². The van der Waals surface area contributed by atoms with Gasteiger partial charge in [-0.25, -0.2) is 0 Å². The summed E-state index contributed by atoms with van der Waals surface area (Å²) in [4.78, 5) is 87.3. The van der Waals surface area contributed by atoms with Crippen LogP contribution in [0.25, 0.3) is 0 Å². The summed E-state index contributed by atoms with van der Waals surface area (Å²) in [5.74, 6) is -2.20. The molecule has 14 heteroatoms. The second-order valence-corrected chi connectivity index (χ2v) is 17.7. The van der Waals surface area contributed by atoms with Gasteiger partial charge < -0.3 is 14.7 Å². The lowest BCUT2D eigenvalue weighted by Crippen LogP contribution is -2.54. The second-order valence-electron chi connectivity index (χ2n) is 17.3. The number of halogens is 1. The average Bonchev–Trinajstić information content (AvgIpc) is 3.88. The highest BCUT2D eigenvalue weighted by atomic mass is 35.5. The Balaban J connectivity index is 0.739. The Labute approximate surface area is 347 Å². The molecule has 0 aromatic heterocycles. The van der Waals surface area contributed by atoms with E-state index in [4.69, 9.17) is 11.6 Å². The minimum Gasteiger partial charge on any atom is -0.371 e. The van der Waals surface area contributed by atoms with Crippen molar-refractivity contribution in [2.45, 2.75) is 77.0 Å². The lowest BCUT2D eigenvalue weighted by Gasteiger charge is -2.40. The fourth-order valence-corrected chi connectivity index (χ4v) is 10.5. The molecule has 59 heavy (non-hydrogen) atoms. The van der Waals surface area contributed by atoms with Gasteiger partial charge in [0.1, 0.15) is 12.1 Å². The first-order valence-corrected chi connectivity index (χ1v) is 21.0. The molecule has 6 heterocycles. The summed E-state index contributed by atoms with van der Waals surface area (Å²) in [7, 11) is 0. The molecule has 6 aliphatic rings. The van der Waals surface area contributed by atoms with Crippen molar-refractivity contribution in [3.63, 3.8) is 0 Å². The Morgan fingerprint density at radius 3 is 2.12 bits per heavy atom.